The maximum Gasteiger partial charge on any atom is 0.307 e. The van der Waals surface area contributed by atoms with Crippen LogP contribution >= 0.6 is 0 Å². The third kappa shape index (κ3) is 6.53. The standard InChI is InChI=1S/C21H23NO6S/c1-14-4-5-17(12-15(14)2)20(24)13-28-21(25)10-11-29(26,27)19-8-6-18(7-9-19)22-16(3)23/h4-9,12H,10-11,13H2,1-3H3,(H,22,23). The summed E-state index contributed by atoms with van der Waals surface area (Å²) in [6.07, 6.45) is -0.365. The fourth-order valence-corrected chi connectivity index (χ4v) is 3.72. The largest absolute Gasteiger partial charge is 0.457 e. The topological polar surface area (TPSA) is 107 Å². The first-order valence-corrected chi connectivity index (χ1v) is 10.6. The number of aryl methyl sites for hydroxylation is 2. The highest BCUT2D eigenvalue weighted by atomic mass is 32.2. The third-order valence-electron chi connectivity index (χ3n) is 4.30. The second-order valence-electron chi connectivity index (χ2n) is 6.66. The van der Waals surface area contributed by atoms with Gasteiger partial charge in [-0.1, -0.05) is 12.1 Å². The van der Waals surface area contributed by atoms with E-state index < -0.39 is 28.2 Å². The Balaban J connectivity index is 1.88. The van der Waals surface area contributed by atoms with Crippen LogP contribution in [0.15, 0.2) is 47.4 Å². The quantitative estimate of drug-likeness (QED) is 0.523. The highest BCUT2D eigenvalue weighted by molar-refractivity contribution is 7.91. The van der Waals surface area contributed by atoms with Crippen molar-refractivity contribution in [3.05, 3.63) is 59.2 Å². The number of hydrogen-bond donors (Lipinski definition) is 1. The normalized spacial score (nSPS) is 11.0. The summed E-state index contributed by atoms with van der Waals surface area (Å²) < 4.78 is 29.6. The maximum atomic E-state index is 12.3. The van der Waals surface area contributed by atoms with Crippen LogP contribution in [0.3, 0.4) is 0 Å². The summed E-state index contributed by atoms with van der Waals surface area (Å²) in [5.74, 6) is -1.82. The first-order valence-electron chi connectivity index (χ1n) is 8.95. The number of Topliss-reactive ketones (excluding diaryl/α,β-unsaturated/α-hetero) is 1. The van der Waals surface area contributed by atoms with E-state index in [-0.39, 0.29) is 23.0 Å². The van der Waals surface area contributed by atoms with Gasteiger partial charge in [0.2, 0.25) is 5.91 Å². The van der Waals surface area contributed by atoms with Crippen molar-refractivity contribution in [2.45, 2.75) is 32.1 Å². The molecule has 0 aliphatic heterocycles. The van der Waals surface area contributed by atoms with Gasteiger partial charge in [0.1, 0.15) is 0 Å². The van der Waals surface area contributed by atoms with Crippen molar-refractivity contribution in [2.24, 2.45) is 0 Å². The van der Waals surface area contributed by atoms with Crippen LogP contribution in [0.4, 0.5) is 5.69 Å². The molecule has 0 aromatic heterocycles. The van der Waals surface area contributed by atoms with Crippen molar-refractivity contribution >= 4 is 33.2 Å². The van der Waals surface area contributed by atoms with E-state index in [9.17, 15) is 22.8 Å². The fourth-order valence-electron chi connectivity index (χ4n) is 2.50. The van der Waals surface area contributed by atoms with Crippen LogP contribution in [0.25, 0.3) is 0 Å². The lowest BCUT2D eigenvalue weighted by Gasteiger charge is -2.08. The first kappa shape index (κ1) is 22.3. The number of amides is 1. The van der Waals surface area contributed by atoms with Gasteiger partial charge < -0.3 is 10.1 Å². The molecule has 0 aliphatic carbocycles. The predicted octanol–water partition coefficient (Wildman–Crippen LogP) is 2.85. The molecule has 0 atom stereocenters. The minimum absolute atomic E-state index is 0.0330. The van der Waals surface area contributed by atoms with Gasteiger partial charge >= 0.3 is 5.97 Å². The number of ketones is 1. The number of sulfone groups is 1. The smallest absolute Gasteiger partial charge is 0.307 e. The Morgan fingerprint density at radius 2 is 1.62 bits per heavy atom. The van der Waals surface area contributed by atoms with Gasteiger partial charge in [-0.05, 0) is 55.3 Å². The average molecular weight is 417 g/mol. The molecule has 8 heteroatoms. The molecule has 0 saturated carbocycles. The van der Waals surface area contributed by atoms with Crippen molar-refractivity contribution < 1.29 is 27.5 Å². The summed E-state index contributed by atoms with van der Waals surface area (Å²) in [4.78, 5) is 35.0. The molecule has 0 saturated heterocycles. The molecule has 2 aromatic carbocycles. The van der Waals surface area contributed by atoms with E-state index >= 15 is 0 Å². The Labute approximate surface area is 170 Å². The fraction of sp³-hybridized carbons (Fsp3) is 0.286. The lowest BCUT2D eigenvalue weighted by molar-refractivity contribution is -0.142. The number of rotatable bonds is 8. The lowest BCUT2D eigenvalue weighted by atomic mass is 10.0. The number of anilines is 1. The molecule has 7 nitrogen and oxygen atoms in total. The van der Waals surface area contributed by atoms with Crippen molar-refractivity contribution in [1.29, 1.82) is 0 Å². The van der Waals surface area contributed by atoms with Crippen LogP contribution in [-0.4, -0.2) is 38.4 Å². The van der Waals surface area contributed by atoms with E-state index in [1.54, 1.807) is 12.1 Å². The summed E-state index contributed by atoms with van der Waals surface area (Å²) in [5, 5.41) is 2.54. The van der Waals surface area contributed by atoms with Crippen LogP contribution in [0.1, 0.15) is 34.8 Å². The number of ether oxygens (including phenoxy) is 1. The minimum atomic E-state index is -3.70. The van der Waals surface area contributed by atoms with Crippen LogP contribution < -0.4 is 5.32 Å². The predicted molar refractivity (Wildman–Crippen MR) is 109 cm³/mol. The minimum Gasteiger partial charge on any atom is -0.457 e. The number of hydrogen-bond acceptors (Lipinski definition) is 6. The number of benzene rings is 2. The van der Waals surface area contributed by atoms with E-state index in [2.05, 4.69) is 5.32 Å². The zero-order valence-electron chi connectivity index (χ0n) is 16.5. The average Bonchev–Trinajstić information content (AvgIpc) is 2.66. The molecule has 1 amide bonds. The van der Waals surface area contributed by atoms with Gasteiger partial charge in [0.15, 0.2) is 22.2 Å². The highest BCUT2D eigenvalue weighted by Gasteiger charge is 2.18. The Hall–Kier alpha value is -3.00. The number of esters is 1. The maximum absolute atomic E-state index is 12.3. The Morgan fingerprint density at radius 3 is 2.21 bits per heavy atom. The molecule has 154 valence electrons. The lowest BCUT2D eigenvalue weighted by Crippen LogP contribution is -2.17. The van der Waals surface area contributed by atoms with E-state index in [0.717, 1.165) is 11.1 Å². The van der Waals surface area contributed by atoms with Gasteiger partial charge in [-0.15, -0.1) is 0 Å². The summed E-state index contributed by atoms with van der Waals surface area (Å²) >= 11 is 0. The van der Waals surface area contributed by atoms with Crippen molar-refractivity contribution in [2.75, 3.05) is 17.7 Å². The molecule has 0 aliphatic rings. The molecule has 0 radical (unpaired) electrons. The van der Waals surface area contributed by atoms with Gasteiger partial charge in [0, 0.05) is 18.2 Å². The number of carbonyl (C=O) groups excluding carboxylic acids is 3. The summed E-state index contributed by atoms with van der Waals surface area (Å²) in [7, 11) is -3.70. The molecule has 0 spiro atoms. The van der Waals surface area contributed by atoms with E-state index in [0.29, 0.717) is 11.3 Å². The Morgan fingerprint density at radius 1 is 0.966 bits per heavy atom. The highest BCUT2D eigenvalue weighted by Crippen LogP contribution is 2.16. The van der Waals surface area contributed by atoms with E-state index in [1.165, 1.54) is 31.2 Å². The zero-order chi connectivity index (χ0) is 21.6. The van der Waals surface area contributed by atoms with Crippen LogP contribution in [0.5, 0.6) is 0 Å². The van der Waals surface area contributed by atoms with Crippen molar-refractivity contribution in [3.8, 4) is 0 Å². The van der Waals surface area contributed by atoms with E-state index in [4.69, 9.17) is 4.74 Å². The molecule has 0 bridgehead atoms. The molecule has 0 unspecified atom stereocenters. The second kappa shape index (κ2) is 9.47. The Kier molecular flexibility index (Phi) is 7.28. The van der Waals surface area contributed by atoms with Gasteiger partial charge in [-0.2, -0.15) is 0 Å². The van der Waals surface area contributed by atoms with Crippen molar-refractivity contribution in [1.82, 2.24) is 0 Å². The third-order valence-corrected chi connectivity index (χ3v) is 6.03. The zero-order valence-corrected chi connectivity index (χ0v) is 17.3. The molecule has 1 N–H and O–H groups in total. The molecular formula is C21H23NO6S. The summed E-state index contributed by atoms with van der Waals surface area (Å²) in [6, 6.07) is 10.8. The number of carbonyl (C=O) groups is 3. The molecule has 2 aromatic rings. The second-order valence-corrected chi connectivity index (χ2v) is 8.77. The molecule has 0 heterocycles. The summed E-state index contributed by atoms with van der Waals surface area (Å²) in [5.41, 5.74) is 2.92. The van der Waals surface area contributed by atoms with Gasteiger partial charge in [-0.25, -0.2) is 8.42 Å². The summed E-state index contributed by atoms with van der Waals surface area (Å²) in [6.45, 7) is 4.72. The molecular weight excluding hydrogens is 394 g/mol. The monoisotopic (exact) mass is 417 g/mol. The molecule has 2 rings (SSSR count). The SMILES string of the molecule is CC(=O)Nc1ccc(S(=O)(=O)CCC(=O)OCC(=O)c2ccc(C)c(C)c2)cc1. The van der Waals surface area contributed by atoms with Crippen molar-refractivity contribution in [3.63, 3.8) is 0 Å². The van der Waals surface area contributed by atoms with Gasteiger partial charge in [0.05, 0.1) is 17.1 Å². The number of nitrogens with one attached hydrogen (secondary N) is 1. The Bertz CT molecular complexity index is 1030. The molecule has 0 fully saturated rings. The van der Waals surface area contributed by atoms with Gasteiger partial charge in [-0.3, -0.25) is 14.4 Å². The van der Waals surface area contributed by atoms with E-state index in [1.807, 2.05) is 19.9 Å². The molecule has 29 heavy (non-hydrogen) atoms. The van der Waals surface area contributed by atoms with Gasteiger partial charge in [0.25, 0.3) is 0 Å². The van der Waals surface area contributed by atoms with Crippen LogP contribution in [-0.2, 0) is 24.2 Å². The van der Waals surface area contributed by atoms with Crippen LogP contribution in [0, 0.1) is 13.8 Å². The van der Waals surface area contributed by atoms with Crippen LogP contribution in [0.2, 0.25) is 0 Å². The first-order chi connectivity index (χ1) is 13.6.